The summed E-state index contributed by atoms with van der Waals surface area (Å²) in [6.07, 6.45) is 0.906. The number of nitrogens with zero attached hydrogens (tertiary/aromatic N) is 4. The van der Waals surface area contributed by atoms with Crippen LogP contribution in [0.3, 0.4) is 0 Å². The Morgan fingerprint density at radius 1 is 1.48 bits per heavy atom. The molecule has 0 amide bonds. The van der Waals surface area contributed by atoms with E-state index >= 15 is 0 Å². The summed E-state index contributed by atoms with van der Waals surface area (Å²) in [6, 6.07) is 5.46. The number of methoxy groups -OCH3 is 1. The average molecular weight is 289 g/mol. The number of nitrogens with two attached hydrogens (primary N) is 1. The number of hydrogen-bond acceptors (Lipinski definition) is 6. The van der Waals surface area contributed by atoms with Crippen LogP contribution in [0.2, 0.25) is 0 Å². The Morgan fingerprint density at radius 3 is 2.95 bits per heavy atom. The molecule has 1 saturated heterocycles. The van der Waals surface area contributed by atoms with Crippen LogP contribution < -0.4 is 10.5 Å². The molecule has 112 valence electrons. The van der Waals surface area contributed by atoms with E-state index in [1.54, 1.807) is 13.2 Å². The van der Waals surface area contributed by atoms with Crippen LogP contribution >= 0.6 is 0 Å². The molecule has 1 aliphatic heterocycles. The van der Waals surface area contributed by atoms with Crippen molar-refractivity contribution >= 4 is 5.69 Å². The molecule has 0 aliphatic carbocycles. The molecule has 1 aromatic carbocycles. The smallest absolute Gasteiger partial charge is 0.186 e. The van der Waals surface area contributed by atoms with Crippen molar-refractivity contribution in [3.8, 4) is 17.1 Å². The minimum atomic E-state index is -0.273. The number of hydrogen-bond donors (Lipinski definition) is 1. The van der Waals surface area contributed by atoms with E-state index in [2.05, 4.69) is 22.4 Å². The van der Waals surface area contributed by atoms with Crippen LogP contribution in [0.4, 0.5) is 5.69 Å². The van der Waals surface area contributed by atoms with Gasteiger partial charge in [0.15, 0.2) is 5.82 Å². The van der Waals surface area contributed by atoms with Gasteiger partial charge in [-0.05, 0) is 42.8 Å². The van der Waals surface area contributed by atoms with Gasteiger partial charge < -0.3 is 15.2 Å². The zero-order valence-corrected chi connectivity index (χ0v) is 12.4. The lowest BCUT2D eigenvalue weighted by molar-refractivity contribution is 0.0706. The first-order valence-corrected chi connectivity index (χ1v) is 6.90. The summed E-state index contributed by atoms with van der Waals surface area (Å²) in [6.45, 7) is 4.85. The summed E-state index contributed by atoms with van der Waals surface area (Å²) in [7, 11) is 1.61. The molecule has 0 saturated carbocycles. The van der Waals surface area contributed by atoms with E-state index in [1.807, 2.05) is 23.7 Å². The van der Waals surface area contributed by atoms with E-state index in [0.717, 1.165) is 12.0 Å². The average Bonchev–Trinajstić information content (AvgIpc) is 3.07. The third-order valence-corrected chi connectivity index (χ3v) is 4.27. The summed E-state index contributed by atoms with van der Waals surface area (Å²) in [5, 5.41) is 12.2. The minimum absolute atomic E-state index is 0.0412. The number of anilines is 1. The highest BCUT2D eigenvalue weighted by Gasteiger charge is 2.42. The molecule has 1 aliphatic rings. The molecule has 7 heteroatoms. The van der Waals surface area contributed by atoms with Crippen molar-refractivity contribution in [3.63, 3.8) is 0 Å². The fourth-order valence-electron chi connectivity index (χ4n) is 2.69. The number of aromatic nitrogens is 4. The molecule has 1 fully saturated rings. The maximum absolute atomic E-state index is 5.81. The Balaban J connectivity index is 2.12. The standard InChI is InChI=1S/C14H19N5O2/c1-9-14(2,6-7-21-9)19-13(16-17-18-19)11-5-4-10(15)8-12(11)20-3/h4-5,8-9H,6-7,15H2,1-3H3. The Kier molecular flexibility index (Phi) is 3.29. The molecule has 0 bridgehead atoms. The van der Waals surface area contributed by atoms with Gasteiger partial charge in [-0.25, -0.2) is 4.68 Å². The van der Waals surface area contributed by atoms with Crippen LogP contribution in [0.5, 0.6) is 5.75 Å². The van der Waals surface area contributed by atoms with Gasteiger partial charge in [-0.3, -0.25) is 0 Å². The largest absolute Gasteiger partial charge is 0.496 e. The second kappa shape index (κ2) is 5.00. The SMILES string of the molecule is COc1cc(N)ccc1-c1nnnn1C1(C)CCOC1C. The summed E-state index contributed by atoms with van der Waals surface area (Å²) in [4.78, 5) is 0. The zero-order valence-electron chi connectivity index (χ0n) is 12.4. The minimum Gasteiger partial charge on any atom is -0.496 e. The van der Waals surface area contributed by atoms with Gasteiger partial charge in [-0.15, -0.1) is 5.10 Å². The second-order valence-electron chi connectivity index (χ2n) is 5.49. The summed E-state index contributed by atoms with van der Waals surface area (Å²) < 4.78 is 12.9. The molecule has 2 N–H and O–H groups in total. The summed E-state index contributed by atoms with van der Waals surface area (Å²) in [5.41, 5.74) is 6.99. The molecule has 7 nitrogen and oxygen atoms in total. The van der Waals surface area contributed by atoms with E-state index in [9.17, 15) is 0 Å². The van der Waals surface area contributed by atoms with Crippen molar-refractivity contribution in [3.05, 3.63) is 18.2 Å². The molecule has 3 rings (SSSR count). The van der Waals surface area contributed by atoms with Gasteiger partial charge in [-0.1, -0.05) is 0 Å². The van der Waals surface area contributed by atoms with Gasteiger partial charge in [0, 0.05) is 18.4 Å². The molecule has 2 aromatic rings. The van der Waals surface area contributed by atoms with Crippen molar-refractivity contribution in [1.82, 2.24) is 20.2 Å². The predicted molar refractivity (Wildman–Crippen MR) is 77.9 cm³/mol. The molecule has 1 aromatic heterocycles. The van der Waals surface area contributed by atoms with Crippen molar-refractivity contribution in [2.45, 2.75) is 31.9 Å². The van der Waals surface area contributed by atoms with Crippen molar-refractivity contribution in [2.24, 2.45) is 0 Å². The fraction of sp³-hybridized carbons (Fsp3) is 0.500. The Hall–Kier alpha value is -2.15. The summed E-state index contributed by atoms with van der Waals surface area (Å²) in [5.74, 6) is 1.31. The van der Waals surface area contributed by atoms with Gasteiger partial charge in [-0.2, -0.15) is 0 Å². The van der Waals surface area contributed by atoms with E-state index < -0.39 is 0 Å². The highest BCUT2D eigenvalue weighted by atomic mass is 16.5. The van der Waals surface area contributed by atoms with Crippen LogP contribution in [0.1, 0.15) is 20.3 Å². The third kappa shape index (κ3) is 2.13. The van der Waals surface area contributed by atoms with Crippen LogP contribution in [-0.2, 0) is 10.3 Å². The quantitative estimate of drug-likeness (QED) is 0.860. The number of tetrazole rings is 1. The highest BCUT2D eigenvalue weighted by molar-refractivity contribution is 5.68. The second-order valence-corrected chi connectivity index (χ2v) is 5.49. The van der Waals surface area contributed by atoms with Gasteiger partial charge in [0.2, 0.25) is 0 Å². The first kappa shape index (κ1) is 13.8. The van der Waals surface area contributed by atoms with E-state index in [-0.39, 0.29) is 11.6 Å². The monoisotopic (exact) mass is 289 g/mol. The van der Waals surface area contributed by atoms with Crippen molar-refractivity contribution < 1.29 is 9.47 Å². The number of rotatable bonds is 3. The van der Waals surface area contributed by atoms with Gasteiger partial charge >= 0.3 is 0 Å². The van der Waals surface area contributed by atoms with Crippen LogP contribution in [0.15, 0.2) is 18.2 Å². The molecular formula is C14H19N5O2. The maximum atomic E-state index is 5.81. The molecule has 2 unspecified atom stereocenters. The van der Waals surface area contributed by atoms with Gasteiger partial charge in [0.25, 0.3) is 0 Å². The number of benzene rings is 1. The summed E-state index contributed by atoms with van der Waals surface area (Å²) >= 11 is 0. The van der Waals surface area contributed by atoms with E-state index in [0.29, 0.717) is 23.9 Å². The fourth-order valence-corrected chi connectivity index (χ4v) is 2.69. The molecule has 2 heterocycles. The first-order valence-electron chi connectivity index (χ1n) is 6.90. The molecule has 0 radical (unpaired) electrons. The van der Waals surface area contributed by atoms with E-state index in [1.165, 1.54) is 0 Å². The lowest BCUT2D eigenvalue weighted by Crippen LogP contribution is -2.38. The van der Waals surface area contributed by atoms with Crippen molar-refractivity contribution in [1.29, 1.82) is 0 Å². The Labute approximate surface area is 123 Å². The molecular weight excluding hydrogens is 270 g/mol. The highest BCUT2D eigenvalue weighted by Crippen LogP contribution is 2.37. The first-order chi connectivity index (χ1) is 10.1. The third-order valence-electron chi connectivity index (χ3n) is 4.27. The predicted octanol–water partition coefficient (Wildman–Crippen LogP) is 1.45. The number of ether oxygens (including phenoxy) is 2. The topological polar surface area (TPSA) is 88.1 Å². The Bertz CT molecular complexity index is 657. The molecule has 2 atom stereocenters. The lowest BCUT2D eigenvalue weighted by Gasteiger charge is -2.28. The maximum Gasteiger partial charge on any atom is 0.186 e. The van der Waals surface area contributed by atoms with Crippen molar-refractivity contribution in [2.75, 3.05) is 19.5 Å². The molecule has 0 spiro atoms. The molecule has 21 heavy (non-hydrogen) atoms. The normalized spacial score (nSPS) is 25.2. The van der Waals surface area contributed by atoms with E-state index in [4.69, 9.17) is 15.2 Å². The van der Waals surface area contributed by atoms with Gasteiger partial charge in [0.05, 0.1) is 24.3 Å². The number of nitrogen functional groups attached to an aromatic ring is 1. The zero-order chi connectivity index (χ0) is 15.0. The van der Waals surface area contributed by atoms with Crippen LogP contribution in [-0.4, -0.2) is 40.0 Å². The van der Waals surface area contributed by atoms with Crippen LogP contribution in [0.25, 0.3) is 11.4 Å². The van der Waals surface area contributed by atoms with Gasteiger partial charge in [0.1, 0.15) is 5.75 Å². The Morgan fingerprint density at radius 2 is 2.29 bits per heavy atom. The lowest BCUT2D eigenvalue weighted by atomic mass is 9.94. The van der Waals surface area contributed by atoms with Crippen LogP contribution in [0, 0.1) is 0 Å².